The van der Waals surface area contributed by atoms with Gasteiger partial charge in [-0.05, 0) is 30.5 Å². The Kier molecular flexibility index (Phi) is 5.86. The minimum atomic E-state index is -0.872. The standard InChI is InChI=1S/C18H20N2O3/c1-13-7-8-14(12-19-13)11-17(21)20-16(9-10-18(22)23)15-5-3-2-4-6-15/h2-8,12,16H,9-11H2,1H3,(H,20,21)(H,22,23)/t16-/m1/s1. The number of hydrogen-bond donors (Lipinski definition) is 2. The molecule has 120 valence electrons. The first-order valence-corrected chi connectivity index (χ1v) is 7.52. The monoisotopic (exact) mass is 312 g/mol. The topological polar surface area (TPSA) is 79.3 Å². The fraction of sp³-hybridized carbons (Fsp3) is 0.278. The molecule has 1 aromatic heterocycles. The molecule has 0 radical (unpaired) electrons. The lowest BCUT2D eigenvalue weighted by atomic mass is 10.0. The number of carboxylic acid groups (broad SMARTS) is 1. The molecular weight excluding hydrogens is 292 g/mol. The van der Waals surface area contributed by atoms with Crippen molar-refractivity contribution in [2.24, 2.45) is 0 Å². The van der Waals surface area contributed by atoms with Gasteiger partial charge < -0.3 is 10.4 Å². The molecule has 0 spiro atoms. The number of amides is 1. The van der Waals surface area contributed by atoms with Crippen molar-refractivity contribution in [2.45, 2.75) is 32.2 Å². The number of carbonyl (C=O) groups is 2. The molecule has 5 nitrogen and oxygen atoms in total. The number of aromatic nitrogens is 1. The summed E-state index contributed by atoms with van der Waals surface area (Å²) in [6.07, 6.45) is 2.27. The molecule has 2 N–H and O–H groups in total. The van der Waals surface area contributed by atoms with E-state index in [0.717, 1.165) is 16.8 Å². The number of nitrogens with one attached hydrogen (secondary N) is 1. The van der Waals surface area contributed by atoms with Crippen LogP contribution in [0, 0.1) is 6.92 Å². The zero-order valence-electron chi connectivity index (χ0n) is 13.0. The van der Waals surface area contributed by atoms with Crippen LogP contribution in [-0.4, -0.2) is 22.0 Å². The van der Waals surface area contributed by atoms with E-state index in [0.29, 0.717) is 6.42 Å². The van der Waals surface area contributed by atoms with E-state index in [-0.39, 0.29) is 24.8 Å². The third-order valence-electron chi connectivity index (χ3n) is 3.52. The summed E-state index contributed by atoms with van der Waals surface area (Å²) in [6.45, 7) is 1.89. The van der Waals surface area contributed by atoms with Crippen molar-refractivity contribution >= 4 is 11.9 Å². The van der Waals surface area contributed by atoms with E-state index in [4.69, 9.17) is 5.11 Å². The molecule has 0 saturated heterocycles. The van der Waals surface area contributed by atoms with Crippen LogP contribution in [0.25, 0.3) is 0 Å². The molecule has 1 atom stereocenters. The molecule has 5 heteroatoms. The van der Waals surface area contributed by atoms with Crippen molar-refractivity contribution in [2.75, 3.05) is 0 Å². The summed E-state index contributed by atoms with van der Waals surface area (Å²) in [5.41, 5.74) is 2.64. The summed E-state index contributed by atoms with van der Waals surface area (Å²) in [7, 11) is 0. The van der Waals surface area contributed by atoms with Crippen molar-refractivity contribution in [3.8, 4) is 0 Å². The Morgan fingerprint density at radius 2 is 1.91 bits per heavy atom. The number of aliphatic carboxylic acids is 1. The van der Waals surface area contributed by atoms with Crippen molar-refractivity contribution < 1.29 is 14.7 Å². The quantitative estimate of drug-likeness (QED) is 0.824. The van der Waals surface area contributed by atoms with Gasteiger partial charge in [0.05, 0.1) is 12.5 Å². The Balaban J connectivity index is 2.02. The van der Waals surface area contributed by atoms with E-state index in [2.05, 4.69) is 10.3 Å². The van der Waals surface area contributed by atoms with E-state index in [1.807, 2.05) is 49.4 Å². The van der Waals surface area contributed by atoms with E-state index in [1.165, 1.54) is 0 Å². The van der Waals surface area contributed by atoms with Gasteiger partial charge in [0, 0.05) is 18.3 Å². The Hall–Kier alpha value is -2.69. The molecule has 23 heavy (non-hydrogen) atoms. The zero-order chi connectivity index (χ0) is 16.7. The third kappa shape index (κ3) is 5.54. The molecule has 0 fully saturated rings. The molecule has 0 aliphatic heterocycles. The van der Waals surface area contributed by atoms with Crippen LogP contribution in [0.15, 0.2) is 48.7 Å². The summed E-state index contributed by atoms with van der Waals surface area (Å²) in [5.74, 6) is -1.02. The maximum absolute atomic E-state index is 12.2. The van der Waals surface area contributed by atoms with Gasteiger partial charge in [-0.2, -0.15) is 0 Å². The van der Waals surface area contributed by atoms with Gasteiger partial charge in [0.2, 0.25) is 5.91 Å². The fourth-order valence-electron chi connectivity index (χ4n) is 2.31. The van der Waals surface area contributed by atoms with Crippen LogP contribution in [0.4, 0.5) is 0 Å². The Morgan fingerprint density at radius 1 is 1.17 bits per heavy atom. The minimum Gasteiger partial charge on any atom is -0.481 e. The molecule has 0 aliphatic rings. The van der Waals surface area contributed by atoms with Gasteiger partial charge in [0.25, 0.3) is 0 Å². The molecule has 0 unspecified atom stereocenters. The van der Waals surface area contributed by atoms with Crippen LogP contribution >= 0.6 is 0 Å². The largest absolute Gasteiger partial charge is 0.481 e. The van der Waals surface area contributed by atoms with Crippen molar-refractivity contribution in [3.05, 3.63) is 65.5 Å². The number of rotatable bonds is 7. The first-order valence-electron chi connectivity index (χ1n) is 7.52. The van der Waals surface area contributed by atoms with Gasteiger partial charge in [0.15, 0.2) is 0 Å². The Bertz CT molecular complexity index is 654. The Morgan fingerprint density at radius 3 is 2.52 bits per heavy atom. The van der Waals surface area contributed by atoms with Gasteiger partial charge in [-0.1, -0.05) is 36.4 Å². The first-order chi connectivity index (χ1) is 11.0. The van der Waals surface area contributed by atoms with Crippen molar-refractivity contribution in [1.82, 2.24) is 10.3 Å². The van der Waals surface area contributed by atoms with E-state index < -0.39 is 5.97 Å². The molecule has 1 heterocycles. The maximum Gasteiger partial charge on any atom is 0.303 e. The van der Waals surface area contributed by atoms with E-state index >= 15 is 0 Å². The molecule has 2 rings (SSSR count). The second-order valence-electron chi connectivity index (χ2n) is 5.45. The lowest BCUT2D eigenvalue weighted by Gasteiger charge is -2.18. The summed E-state index contributed by atoms with van der Waals surface area (Å²) in [4.78, 5) is 27.2. The summed E-state index contributed by atoms with van der Waals surface area (Å²) in [6, 6.07) is 12.8. The average Bonchev–Trinajstić information content (AvgIpc) is 2.54. The number of carboxylic acids is 1. The number of benzene rings is 1. The zero-order valence-corrected chi connectivity index (χ0v) is 13.0. The van der Waals surface area contributed by atoms with Gasteiger partial charge >= 0.3 is 5.97 Å². The van der Waals surface area contributed by atoms with Crippen LogP contribution in [0.3, 0.4) is 0 Å². The lowest BCUT2D eigenvalue weighted by Crippen LogP contribution is -2.30. The highest BCUT2D eigenvalue weighted by atomic mass is 16.4. The smallest absolute Gasteiger partial charge is 0.303 e. The van der Waals surface area contributed by atoms with Crippen LogP contribution in [0.2, 0.25) is 0 Å². The number of aryl methyl sites for hydroxylation is 1. The predicted octanol–water partition coefficient (Wildman–Crippen LogP) is 2.65. The van der Waals surface area contributed by atoms with Gasteiger partial charge in [-0.25, -0.2) is 0 Å². The average molecular weight is 312 g/mol. The first kappa shape index (κ1) is 16.7. The number of hydrogen-bond acceptors (Lipinski definition) is 3. The van der Waals surface area contributed by atoms with Gasteiger partial charge in [-0.15, -0.1) is 0 Å². The maximum atomic E-state index is 12.2. The summed E-state index contributed by atoms with van der Waals surface area (Å²) < 4.78 is 0. The number of pyridine rings is 1. The molecule has 2 aromatic rings. The highest BCUT2D eigenvalue weighted by molar-refractivity contribution is 5.79. The predicted molar refractivity (Wildman–Crippen MR) is 86.9 cm³/mol. The number of carbonyl (C=O) groups excluding carboxylic acids is 1. The highest BCUT2D eigenvalue weighted by Crippen LogP contribution is 2.18. The number of nitrogens with zero attached hydrogens (tertiary/aromatic N) is 1. The van der Waals surface area contributed by atoms with Gasteiger partial charge in [-0.3, -0.25) is 14.6 Å². The van der Waals surface area contributed by atoms with Crippen LogP contribution in [-0.2, 0) is 16.0 Å². The van der Waals surface area contributed by atoms with E-state index in [9.17, 15) is 9.59 Å². The summed E-state index contributed by atoms with van der Waals surface area (Å²) in [5, 5.41) is 11.8. The summed E-state index contributed by atoms with van der Waals surface area (Å²) >= 11 is 0. The molecule has 0 bridgehead atoms. The van der Waals surface area contributed by atoms with E-state index in [1.54, 1.807) is 6.20 Å². The van der Waals surface area contributed by atoms with Crippen LogP contribution in [0.5, 0.6) is 0 Å². The van der Waals surface area contributed by atoms with Crippen molar-refractivity contribution in [1.29, 1.82) is 0 Å². The molecule has 1 amide bonds. The highest BCUT2D eigenvalue weighted by Gasteiger charge is 2.16. The van der Waals surface area contributed by atoms with Crippen LogP contribution < -0.4 is 5.32 Å². The fourth-order valence-corrected chi connectivity index (χ4v) is 2.31. The Labute approximate surface area is 135 Å². The lowest BCUT2D eigenvalue weighted by molar-refractivity contribution is -0.137. The van der Waals surface area contributed by atoms with Gasteiger partial charge in [0.1, 0.15) is 0 Å². The second-order valence-corrected chi connectivity index (χ2v) is 5.45. The van der Waals surface area contributed by atoms with Crippen molar-refractivity contribution in [3.63, 3.8) is 0 Å². The normalized spacial score (nSPS) is 11.7. The van der Waals surface area contributed by atoms with Crippen LogP contribution in [0.1, 0.15) is 35.7 Å². The molecule has 0 saturated carbocycles. The SMILES string of the molecule is Cc1ccc(CC(=O)N[C@H](CCC(=O)O)c2ccccc2)cn1. The third-order valence-corrected chi connectivity index (χ3v) is 3.52. The molecular formula is C18H20N2O3. The molecule has 0 aliphatic carbocycles. The second kappa shape index (κ2) is 8.08. The minimum absolute atomic E-state index is 0.00588. The molecule has 1 aromatic carbocycles.